The van der Waals surface area contributed by atoms with E-state index < -0.39 is 0 Å². The van der Waals surface area contributed by atoms with E-state index in [4.69, 9.17) is 0 Å². The minimum absolute atomic E-state index is 0.0999. The number of nitrogens with one attached hydrogen (secondary N) is 2. The van der Waals surface area contributed by atoms with Gasteiger partial charge in [0.2, 0.25) is 5.91 Å². The molecule has 0 aromatic heterocycles. The molecule has 3 atom stereocenters. The summed E-state index contributed by atoms with van der Waals surface area (Å²) in [6.07, 6.45) is 5.74. The molecule has 2 N–H and O–H groups in total. The number of para-hydroxylation sites is 1. The number of fused-ring (bicyclic) bond motifs is 1. The van der Waals surface area contributed by atoms with Crippen molar-refractivity contribution in [3.05, 3.63) is 29.8 Å². The summed E-state index contributed by atoms with van der Waals surface area (Å²) < 4.78 is 0. The average molecular weight is 286 g/mol. The second-order valence-electron chi connectivity index (χ2n) is 6.87. The molecule has 1 aliphatic carbocycles. The highest BCUT2D eigenvalue weighted by Gasteiger charge is 2.32. The molecule has 0 saturated heterocycles. The molecule has 21 heavy (non-hydrogen) atoms. The normalized spacial score (nSPS) is 28.0. The van der Waals surface area contributed by atoms with Crippen molar-refractivity contribution < 1.29 is 4.79 Å². The summed E-state index contributed by atoms with van der Waals surface area (Å²) in [6.45, 7) is 4.55. The van der Waals surface area contributed by atoms with Crippen molar-refractivity contribution in [2.24, 2.45) is 11.8 Å². The van der Waals surface area contributed by atoms with Crippen molar-refractivity contribution in [3.8, 4) is 0 Å². The molecule has 3 heteroatoms. The smallest absolute Gasteiger partial charge is 0.243 e. The minimum atomic E-state index is -0.0999. The van der Waals surface area contributed by atoms with E-state index in [0.717, 1.165) is 18.5 Å². The number of anilines is 1. The second kappa shape index (κ2) is 6.08. The van der Waals surface area contributed by atoms with Crippen LogP contribution in [0, 0.1) is 11.8 Å². The van der Waals surface area contributed by atoms with Gasteiger partial charge in [-0.05, 0) is 36.3 Å². The van der Waals surface area contributed by atoms with Crippen LogP contribution in [0.4, 0.5) is 5.69 Å². The third-order valence-electron chi connectivity index (χ3n) is 5.09. The summed E-state index contributed by atoms with van der Waals surface area (Å²) in [4.78, 5) is 12.6. The molecule has 3 rings (SSSR count). The first-order valence-electron chi connectivity index (χ1n) is 8.30. The van der Waals surface area contributed by atoms with Gasteiger partial charge in [0, 0.05) is 18.2 Å². The van der Waals surface area contributed by atoms with Crippen LogP contribution in [-0.2, 0) is 11.2 Å². The Bertz CT molecular complexity index is 487. The molecule has 1 fully saturated rings. The van der Waals surface area contributed by atoms with E-state index in [1.54, 1.807) is 0 Å². The van der Waals surface area contributed by atoms with Gasteiger partial charge in [0.1, 0.15) is 6.04 Å². The number of amides is 1. The summed E-state index contributed by atoms with van der Waals surface area (Å²) >= 11 is 0. The van der Waals surface area contributed by atoms with Gasteiger partial charge in [0.05, 0.1) is 0 Å². The number of benzene rings is 1. The van der Waals surface area contributed by atoms with Gasteiger partial charge in [-0.15, -0.1) is 0 Å². The van der Waals surface area contributed by atoms with Gasteiger partial charge in [-0.25, -0.2) is 0 Å². The zero-order valence-corrected chi connectivity index (χ0v) is 13.1. The summed E-state index contributed by atoms with van der Waals surface area (Å²) in [6, 6.07) is 8.47. The molecular weight excluding hydrogens is 260 g/mol. The van der Waals surface area contributed by atoms with Crippen LogP contribution >= 0.6 is 0 Å². The number of hydrogen-bond donors (Lipinski definition) is 2. The van der Waals surface area contributed by atoms with E-state index in [9.17, 15) is 4.79 Å². The van der Waals surface area contributed by atoms with Crippen molar-refractivity contribution in [2.45, 2.75) is 58.0 Å². The Morgan fingerprint density at radius 1 is 1.24 bits per heavy atom. The number of rotatable bonds is 3. The van der Waals surface area contributed by atoms with E-state index in [-0.39, 0.29) is 11.9 Å². The van der Waals surface area contributed by atoms with Crippen LogP contribution in [0.15, 0.2) is 24.3 Å². The van der Waals surface area contributed by atoms with Gasteiger partial charge >= 0.3 is 0 Å². The molecule has 1 aromatic rings. The lowest BCUT2D eigenvalue weighted by molar-refractivity contribution is -0.123. The molecule has 3 unspecified atom stereocenters. The van der Waals surface area contributed by atoms with Crippen molar-refractivity contribution in [3.63, 3.8) is 0 Å². The zero-order valence-electron chi connectivity index (χ0n) is 13.1. The van der Waals surface area contributed by atoms with E-state index in [1.807, 2.05) is 12.1 Å². The lowest BCUT2D eigenvalue weighted by atomic mass is 9.77. The molecule has 114 valence electrons. The lowest BCUT2D eigenvalue weighted by Crippen LogP contribution is -2.49. The van der Waals surface area contributed by atoms with Gasteiger partial charge in [0.25, 0.3) is 0 Å². The fraction of sp³-hybridized carbons (Fsp3) is 0.611. The van der Waals surface area contributed by atoms with Crippen LogP contribution in [0.3, 0.4) is 0 Å². The average Bonchev–Trinajstić information content (AvgIpc) is 2.91. The van der Waals surface area contributed by atoms with Gasteiger partial charge in [-0.3, -0.25) is 4.79 Å². The Hall–Kier alpha value is -1.51. The molecular formula is C18H26N2O. The monoisotopic (exact) mass is 286 g/mol. The maximum Gasteiger partial charge on any atom is 0.243 e. The van der Waals surface area contributed by atoms with E-state index in [2.05, 4.69) is 36.6 Å². The quantitative estimate of drug-likeness (QED) is 0.894. The van der Waals surface area contributed by atoms with Crippen molar-refractivity contribution in [1.29, 1.82) is 0 Å². The fourth-order valence-corrected chi connectivity index (χ4v) is 3.88. The molecule has 1 aromatic carbocycles. The topological polar surface area (TPSA) is 41.1 Å². The van der Waals surface area contributed by atoms with Gasteiger partial charge < -0.3 is 10.6 Å². The fourth-order valence-electron chi connectivity index (χ4n) is 3.88. The van der Waals surface area contributed by atoms with Gasteiger partial charge in [0.15, 0.2) is 0 Å². The first-order valence-corrected chi connectivity index (χ1v) is 8.30. The third-order valence-corrected chi connectivity index (χ3v) is 5.09. The Balaban J connectivity index is 1.62. The predicted octanol–water partition coefficient (Wildman–Crippen LogP) is 3.35. The largest absolute Gasteiger partial charge is 0.373 e. The Labute approximate surface area is 127 Å². The van der Waals surface area contributed by atoms with Crippen LogP contribution in [0.2, 0.25) is 0 Å². The summed E-state index contributed by atoms with van der Waals surface area (Å²) in [7, 11) is 0. The molecule has 1 saturated carbocycles. The minimum Gasteiger partial charge on any atom is -0.373 e. The maximum atomic E-state index is 12.6. The first kappa shape index (κ1) is 14.4. The van der Waals surface area contributed by atoms with E-state index in [0.29, 0.717) is 17.9 Å². The van der Waals surface area contributed by atoms with Crippen molar-refractivity contribution in [2.75, 3.05) is 5.32 Å². The van der Waals surface area contributed by atoms with E-state index >= 15 is 0 Å². The van der Waals surface area contributed by atoms with Crippen LogP contribution in [-0.4, -0.2) is 18.0 Å². The summed E-state index contributed by atoms with van der Waals surface area (Å²) in [5, 5.41) is 6.68. The number of carbonyl (C=O) groups excluding carboxylic acids is 1. The molecule has 1 heterocycles. The van der Waals surface area contributed by atoms with Gasteiger partial charge in [-0.2, -0.15) is 0 Å². The molecule has 0 radical (unpaired) electrons. The first-order chi connectivity index (χ1) is 10.1. The van der Waals surface area contributed by atoms with Crippen LogP contribution in [0.5, 0.6) is 0 Å². The molecule has 3 nitrogen and oxygen atoms in total. The maximum absolute atomic E-state index is 12.6. The van der Waals surface area contributed by atoms with Crippen LogP contribution in [0.1, 0.15) is 45.1 Å². The highest BCUT2D eigenvalue weighted by Crippen LogP contribution is 2.31. The SMILES string of the molecule is CC(C)C1CCCCC1NC(=O)C1Cc2ccccc2N1. The second-order valence-corrected chi connectivity index (χ2v) is 6.87. The molecule has 2 aliphatic rings. The molecule has 0 bridgehead atoms. The number of carbonyl (C=O) groups is 1. The highest BCUT2D eigenvalue weighted by molar-refractivity contribution is 5.87. The van der Waals surface area contributed by atoms with Gasteiger partial charge in [-0.1, -0.05) is 44.9 Å². The van der Waals surface area contributed by atoms with E-state index in [1.165, 1.54) is 24.8 Å². The standard InChI is InChI=1S/C18H26N2O/c1-12(2)14-8-4-6-10-16(14)20-18(21)17-11-13-7-3-5-9-15(13)19-17/h3,5,7,9,12,14,16-17,19H,4,6,8,10-11H2,1-2H3,(H,20,21). The Morgan fingerprint density at radius 2 is 2.00 bits per heavy atom. The lowest BCUT2D eigenvalue weighted by Gasteiger charge is -2.35. The van der Waals surface area contributed by atoms with Crippen molar-refractivity contribution in [1.82, 2.24) is 5.32 Å². The Kier molecular flexibility index (Phi) is 4.18. The molecule has 0 spiro atoms. The molecule has 1 aliphatic heterocycles. The van der Waals surface area contributed by atoms with Crippen LogP contribution in [0.25, 0.3) is 0 Å². The highest BCUT2D eigenvalue weighted by atomic mass is 16.2. The summed E-state index contributed by atoms with van der Waals surface area (Å²) in [5.41, 5.74) is 2.36. The molecule has 1 amide bonds. The van der Waals surface area contributed by atoms with Crippen LogP contribution < -0.4 is 10.6 Å². The van der Waals surface area contributed by atoms with Crippen molar-refractivity contribution >= 4 is 11.6 Å². The predicted molar refractivity (Wildman–Crippen MR) is 86.3 cm³/mol. The third kappa shape index (κ3) is 3.07. The number of hydrogen-bond acceptors (Lipinski definition) is 2. The zero-order chi connectivity index (χ0) is 14.8. The Morgan fingerprint density at radius 3 is 2.76 bits per heavy atom. The summed E-state index contributed by atoms with van der Waals surface area (Å²) in [5.74, 6) is 1.44.